The normalized spacial score (nSPS) is 22.0. The van der Waals surface area contributed by atoms with Crippen LogP contribution in [0.2, 0.25) is 0 Å². The fraction of sp³-hybridized carbons (Fsp3) is 0.280. The summed E-state index contributed by atoms with van der Waals surface area (Å²) in [5, 5.41) is 0. The van der Waals surface area contributed by atoms with Crippen LogP contribution in [0.15, 0.2) is 54.7 Å². The summed E-state index contributed by atoms with van der Waals surface area (Å²) >= 11 is 0. The molecule has 1 saturated carbocycles. The van der Waals surface area contributed by atoms with Gasteiger partial charge in [-0.1, -0.05) is 24.3 Å². The summed E-state index contributed by atoms with van der Waals surface area (Å²) in [5.41, 5.74) is 2.85. The molecule has 0 spiro atoms. The van der Waals surface area contributed by atoms with E-state index in [0.29, 0.717) is 22.8 Å². The number of benzene rings is 1. The van der Waals surface area contributed by atoms with Crippen LogP contribution in [0, 0.1) is 5.95 Å². The van der Waals surface area contributed by atoms with E-state index in [1.165, 1.54) is 12.3 Å². The van der Waals surface area contributed by atoms with E-state index in [4.69, 9.17) is 4.98 Å². The van der Waals surface area contributed by atoms with Crippen molar-refractivity contribution in [1.29, 1.82) is 0 Å². The van der Waals surface area contributed by atoms with Gasteiger partial charge in [-0.15, -0.1) is 0 Å². The van der Waals surface area contributed by atoms with Crippen molar-refractivity contribution < 1.29 is 14.0 Å². The Balaban J connectivity index is 1.50. The van der Waals surface area contributed by atoms with Crippen LogP contribution >= 0.6 is 0 Å². The van der Waals surface area contributed by atoms with E-state index >= 15 is 0 Å². The van der Waals surface area contributed by atoms with Gasteiger partial charge in [0.2, 0.25) is 11.9 Å². The number of fused-ring (bicyclic) bond motifs is 2. The van der Waals surface area contributed by atoms with Gasteiger partial charge < -0.3 is 9.80 Å². The molecule has 2 atom stereocenters. The van der Waals surface area contributed by atoms with E-state index in [1.807, 2.05) is 31.2 Å². The zero-order valence-electron chi connectivity index (χ0n) is 18.3. The number of aromatic nitrogens is 2. The Morgan fingerprint density at radius 1 is 1.03 bits per heavy atom. The third-order valence-electron chi connectivity index (χ3n) is 6.77. The van der Waals surface area contributed by atoms with Gasteiger partial charge in [0.1, 0.15) is 11.9 Å². The second-order valence-electron chi connectivity index (χ2n) is 8.80. The Morgan fingerprint density at radius 2 is 1.82 bits per heavy atom. The molecule has 2 aromatic heterocycles. The highest BCUT2D eigenvalue weighted by Gasteiger charge is 2.44. The molecule has 0 radical (unpaired) electrons. The van der Waals surface area contributed by atoms with Crippen LogP contribution in [0.5, 0.6) is 0 Å². The first-order valence-corrected chi connectivity index (χ1v) is 11.1. The van der Waals surface area contributed by atoms with Gasteiger partial charge in [0.25, 0.3) is 5.91 Å². The van der Waals surface area contributed by atoms with Gasteiger partial charge in [-0.2, -0.15) is 4.39 Å². The standard InChI is InChI=1S/C25H22FN5O2/c1-14-24(32)29(2)19-10-12-21(28-23(19)30(14)16-8-9-16)31-22(15-7-11-20(26)27-13-15)17-5-3-4-6-18(17)25(31)33/h3-7,10-14,16,22H,8-9H2,1-2H3. The van der Waals surface area contributed by atoms with Gasteiger partial charge in [-0.25, -0.2) is 9.97 Å². The molecule has 1 fully saturated rings. The van der Waals surface area contributed by atoms with Crippen LogP contribution in [-0.2, 0) is 4.79 Å². The van der Waals surface area contributed by atoms with Crippen molar-refractivity contribution in [1.82, 2.24) is 9.97 Å². The molecule has 2 amide bonds. The maximum atomic E-state index is 13.5. The number of hydrogen-bond acceptors (Lipinski definition) is 5. The topological polar surface area (TPSA) is 69.6 Å². The summed E-state index contributed by atoms with van der Waals surface area (Å²) in [4.78, 5) is 40.5. The maximum Gasteiger partial charge on any atom is 0.260 e. The third-order valence-corrected chi connectivity index (χ3v) is 6.77. The molecule has 1 aliphatic carbocycles. The highest BCUT2D eigenvalue weighted by molar-refractivity contribution is 6.12. The quantitative estimate of drug-likeness (QED) is 0.578. The molecule has 0 N–H and O–H groups in total. The largest absolute Gasteiger partial charge is 0.340 e. The van der Waals surface area contributed by atoms with Crippen molar-refractivity contribution in [2.75, 3.05) is 21.7 Å². The molecule has 3 aliphatic rings. The number of carbonyl (C=O) groups excluding carboxylic acids is 2. The first kappa shape index (κ1) is 19.8. The van der Waals surface area contributed by atoms with Crippen molar-refractivity contribution in [3.8, 4) is 0 Å². The Morgan fingerprint density at radius 3 is 2.55 bits per heavy atom. The lowest BCUT2D eigenvalue weighted by Gasteiger charge is -2.40. The molecule has 2 unspecified atom stereocenters. The molecule has 0 saturated heterocycles. The van der Waals surface area contributed by atoms with E-state index in [9.17, 15) is 14.0 Å². The number of nitrogens with zero attached hydrogens (tertiary/aromatic N) is 5. The number of amides is 2. The minimum Gasteiger partial charge on any atom is -0.340 e. The molecule has 3 aromatic rings. The molecule has 33 heavy (non-hydrogen) atoms. The number of anilines is 3. The summed E-state index contributed by atoms with van der Waals surface area (Å²) in [6.07, 6.45) is 3.50. The number of pyridine rings is 2. The zero-order valence-corrected chi connectivity index (χ0v) is 18.3. The summed E-state index contributed by atoms with van der Waals surface area (Å²) < 4.78 is 13.5. The van der Waals surface area contributed by atoms with E-state index in [1.54, 1.807) is 35.0 Å². The lowest BCUT2D eigenvalue weighted by Crippen LogP contribution is -2.52. The first-order valence-electron chi connectivity index (χ1n) is 11.1. The monoisotopic (exact) mass is 443 g/mol. The van der Waals surface area contributed by atoms with Crippen LogP contribution in [0.3, 0.4) is 0 Å². The van der Waals surface area contributed by atoms with Gasteiger partial charge in [-0.3, -0.25) is 14.5 Å². The van der Waals surface area contributed by atoms with E-state index < -0.39 is 12.0 Å². The third kappa shape index (κ3) is 2.93. The van der Waals surface area contributed by atoms with Crippen LogP contribution in [0.25, 0.3) is 0 Å². The van der Waals surface area contributed by atoms with Gasteiger partial charge in [0.15, 0.2) is 5.82 Å². The molecule has 8 heteroatoms. The lowest BCUT2D eigenvalue weighted by molar-refractivity contribution is -0.119. The van der Waals surface area contributed by atoms with Crippen molar-refractivity contribution >= 4 is 29.1 Å². The molecule has 4 heterocycles. The molecule has 0 bridgehead atoms. The summed E-state index contributed by atoms with van der Waals surface area (Å²) in [6.45, 7) is 1.90. The smallest absolute Gasteiger partial charge is 0.260 e. The van der Waals surface area contributed by atoms with Gasteiger partial charge in [-0.05, 0) is 55.2 Å². The van der Waals surface area contributed by atoms with Crippen LogP contribution < -0.4 is 14.7 Å². The number of carbonyl (C=O) groups is 2. The maximum absolute atomic E-state index is 13.5. The van der Waals surface area contributed by atoms with Crippen molar-refractivity contribution in [2.24, 2.45) is 0 Å². The van der Waals surface area contributed by atoms with E-state index in [2.05, 4.69) is 9.88 Å². The minimum absolute atomic E-state index is 0.0314. The molecule has 166 valence electrons. The predicted molar refractivity (Wildman–Crippen MR) is 122 cm³/mol. The van der Waals surface area contributed by atoms with Gasteiger partial charge >= 0.3 is 0 Å². The summed E-state index contributed by atoms with van der Waals surface area (Å²) in [5.74, 6) is 0.494. The van der Waals surface area contributed by atoms with Crippen molar-refractivity contribution in [2.45, 2.75) is 37.9 Å². The fourth-order valence-corrected chi connectivity index (χ4v) is 4.99. The Labute approximate surface area is 190 Å². The summed E-state index contributed by atoms with van der Waals surface area (Å²) in [7, 11) is 1.76. The second kappa shape index (κ2) is 7.10. The molecule has 1 aromatic carbocycles. The second-order valence-corrected chi connectivity index (χ2v) is 8.80. The lowest BCUT2D eigenvalue weighted by atomic mass is 9.99. The Bertz CT molecular complexity index is 1290. The number of likely N-dealkylation sites (N-methyl/N-ethyl adjacent to an activating group) is 1. The molecular weight excluding hydrogens is 421 g/mol. The first-order chi connectivity index (χ1) is 16.0. The molecule has 7 nitrogen and oxygen atoms in total. The average molecular weight is 443 g/mol. The van der Waals surface area contributed by atoms with Crippen molar-refractivity contribution in [3.05, 3.63) is 77.4 Å². The molecular formula is C25H22FN5O2. The SMILES string of the molecule is CC1C(=O)N(C)c2ccc(N3C(=O)c4ccccc4C3c3ccc(F)nc3)nc2N1C1CC1. The van der Waals surface area contributed by atoms with Gasteiger partial charge in [0, 0.05) is 24.8 Å². The Kier molecular flexibility index (Phi) is 4.27. The summed E-state index contributed by atoms with van der Waals surface area (Å²) in [6, 6.07) is 13.5. The van der Waals surface area contributed by atoms with E-state index in [-0.39, 0.29) is 23.9 Å². The highest BCUT2D eigenvalue weighted by atomic mass is 19.1. The van der Waals surface area contributed by atoms with Crippen LogP contribution in [-0.4, -0.2) is 40.9 Å². The number of hydrogen-bond donors (Lipinski definition) is 0. The van der Waals surface area contributed by atoms with Crippen molar-refractivity contribution in [3.63, 3.8) is 0 Å². The number of rotatable bonds is 3. The molecule has 6 rings (SSSR count). The van der Waals surface area contributed by atoms with Crippen LogP contribution in [0.4, 0.5) is 21.7 Å². The van der Waals surface area contributed by atoms with Gasteiger partial charge in [0.05, 0.1) is 11.7 Å². The Hall–Kier alpha value is -3.81. The highest BCUT2D eigenvalue weighted by Crippen LogP contribution is 2.45. The molecule has 2 aliphatic heterocycles. The minimum atomic E-state index is -0.573. The number of halogens is 1. The van der Waals surface area contributed by atoms with E-state index in [0.717, 1.165) is 24.1 Å². The average Bonchev–Trinajstić information content (AvgIpc) is 3.62. The fourth-order valence-electron chi connectivity index (χ4n) is 4.99. The zero-order chi connectivity index (χ0) is 22.9. The predicted octanol–water partition coefficient (Wildman–Crippen LogP) is 3.70. The van der Waals surface area contributed by atoms with Crippen LogP contribution in [0.1, 0.15) is 47.3 Å².